The molecule has 1 aliphatic heterocycles. The Morgan fingerprint density at radius 2 is 2.09 bits per heavy atom. The first kappa shape index (κ1) is 14.6. The molecule has 0 unspecified atom stereocenters. The molecule has 1 aliphatic rings. The summed E-state index contributed by atoms with van der Waals surface area (Å²) in [5.74, 6) is 1.01. The van der Waals surface area contributed by atoms with Gasteiger partial charge < -0.3 is 14.1 Å². The quantitative estimate of drug-likeness (QED) is 0.865. The van der Waals surface area contributed by atoms with Gasteiger partial charge in [0, 0.05) is 19.6 Å². The second-order valence-electron chi connectivity index (χ2n) is 5.39. The molecule has 2 heterocycles. The maximum atomic E-state index is 12.4. The van der Waals surface area contributed by atoms with Crippen molar-refractivity contribution in [3.05, 3.63) is 48.2 Å². The van der Waals surface area contributed by atoms with Crippen molar-refractivity contribution < 1.29 is 13.9 Å². The van der Waals surface area contributed by atoms with Crippen molar-refractivity contribution in [3.63, 3.8) is 0 Å². The summed E-state index contributed by atoms with van der Waals surface area (Å²) in [5, 5.41) is 0. The Balaban J connectivity index is 1.77. The first-order valence-electron chi connectivity index (χ1n) is 7.21. The second-order valence-corrected chi connectivity index (χ2v) is 5.39. The summed E-state index contributed by atoms with van der Waals surface area (Å²) in [5.41, 5.74) is 1.17. The van der Waals surface area contributed by atoms with Gasteiger partial charge in [-0.15, -0.1) is 0 Å². The monoisotopic (exact) mass is 301 g/mol. The maximum absolute atomic E-state index is 12.4. The van der Waals surface area contributed by atoms with Gasteiger partial charge in [0.05, 0.1) is 19.3 Å². The van der Waals surface area contributed by atoms with E-state index in [2.05, 4.69) is 16.9 Å². The van der Waals surface area contributed by atoms with Crippen LogP contribution in [0, 0.1) is 0 Å². The summed E-state index contributed by atoms with van der Waals surface area (Å²) in [6.07, 6.45) is 2.74. The van der Waals surface area contributed by atoms with Crippen molar-refractivity contribution in [1.82, 2.24) is 14.8 Å². The van der Waals surface area contributed by atoms with Gasteiger partial charge in [0.1, 0.15) is 5.75 Å². The third-order valence-corrected chi connectivity index (χ3v) is 4.08. The third-order valence-electron chi connectivity index (χ3n) is 4.08. The zero-order chi connectivity index (χ0) is 15.5. The van der Waals surface area contributed by atoms with Gasteiger partial charge in [-0.2, -0.15) is 0 Å². The van der Waals surface area contributed by atoms with Gasteiger partial charge in [0.25, 0.3) is 5.91 Å². The molecule has 0 bridgehead atoms. The molecule has 0 radical (unpaired) electrons. The Bertz CT molecular complexity index is 625. The van der Waals surface area contributed by atoms with E-state index in [4.69, 9.17) is 9.15 Å². The summed E-state index contributed by atoms with van der Waals surface area (Å²) in [4.78, 5) is 20.3. The summed E-state index contributed by atoms with van der Waals surface area (Å²) in [7, 11) is 3.73. The van der Waals surface area contributed by atoms with Crippen LogP contribution in [0.5, 0.6) is 5.75 Å². The molecule has 1 atom stereocenters. The number of oxazole rings is 1. The van der Waals surface area contributed by atoms with Crippen LogP contribution in [0.1, 0.15) is 22.2 Å². The third kappa shape index (κ3) is 2.82. The average Bonchev–Trinajstić information content (AvgIpc) is 3.09. The first-order valence-corrected chi connectivity index (χ1v) is 7.21. The Labute approximate surface area is 129 Å². The normalized spacial score (nSPS) is 19.2. The lowest BCUT2D eigenvalue weighted by Crippen LogP contribution is -2.48. The van der Waals surface area contributed by atoms with E-state index in [9.17, 15) is 4.79 Å². The van der Waals surface area contributed by atoms with E-state index < -0.39 is 0 Å². The summed E-state index contributed by atoms with van der Waals surface area (Å²) in [6, 6.07) is 8.14. The number of aromatic nitrogens is 1. The standard InChI is InChI=1S/C16H19N3O3/c1-18-7-8-19(16(20)15-9-17-11-22-15)10-14(18)12-3-5-13(21-2)6-4-12/h3-6,9,11,14H,7-8,10H2,1-2H3/t14-/m0/s1. The molecule has 1 aromatic heterocycles. The van der Waals surface area contributed by atoms with Gasteiger partial charge in [-0.25, -0.2) is 4.98 Å². The molecule has 1 amide bonds. The zero-order valence-corrected chi connectivity index (χ0v) is 12.7. The predicted octanol–water partition coefficient (Wildman–Crippen LogP) is 1.81. The number of piperazine rings is 1. The van der Waals surface area contributed by atoms with E-state index in [0.717, 1.165) is 12.3 Å². The molecule has 0 aliphatic carbocycles. The fraction of sp³-hybridized carbons (Fsp3) is 0.375. The summed E-state index contributed by atoms with van der Waals surface area (Å²) in [6.45, 7) is 2.13. The van der Waals surface area contributed by atoms with Gasteiger partial charge in [0.15, 0.2) is 6.39 Å². The SMILES string of the molecule is COc1ccc([C@@H]2CN(C(=O)c3cnco3)CCN2C)cc1. The van der Waals surface area contributed by atoms with Crippen LogP contribution in [0.25, 0.3) is 0 Å². The highest BCUT2D eigenvalue weighted by molar-refractivity contribution is 5.91. The average molecular weight is 301 g/mol. The molecule has 22 heavy (non-hydrogen) atoms. The lowest BCUT2D eigenvalue weighted by atomic mass is 10.0. The van der Waals surface area contributed by atoms with Gasteiger partial charge >= 0.3 is 0 Å². The van der Waals surface area contributed by atoms with Gasteiger partial charge in [-0.05, 0) is 24.7 Å². The number of hydrogen-bond acceptors (Lipinski definition) is 5. The van der Waals surface area contributed by atoms with Crippen LogP contribution >= 0.6 is 0 Å². The van der Waals surface area contributed by atoms with Crippen molar-refractivity contribution in [2.75, 3.05) is 33.8 Å². The highest BCUT2D eigenvalue weighted by Crippen LogP contribution is 2.26. The molecule has 1 saturated heterocycles. The first-order chi connectivity index (χ1) is 10.7. The molecule has 3 rings (SSSR count). The minimum atomic E-state index is -0.107. The topological polar surface area (TPSA) is 58.8 Å². The Morgan fingerprint density at radius 1 is 1.32 bits per heavy atom. The van der Waals surface area contributed by atoms with Crippen molar-refractivity contribution in [2.45, 2.75) is 6.04 Å². The number of rotatable bonds is 3. The van der Waals surface area contributed by atoms with Crippen LogP contribution in [0.15, 0.2) is 41.3 Å². The van der Waals surface area contributed by atoms with Crippen molar-refractivity contribution >= 4 is 5.91 Å². The molecule has 1 fully saturated rings. The molecular formula is C16H19N3O3. The van der Waals surface area contributed by atoms with Crippen LogP contribution < -0.4 is 4.74 Å². The lowest BCUT2D eigenvalue weighted by Gasteiger charge is -2.39. The number of ether oxygens (including phenoxy) is 1. The molecular weight excluding hydrogens is 282 g/mol. The molecule has 2 aromatic rings. The van der Waals surface area contributed by atoms with Crippen LogP contribution in [0.2, 0.25) is 0 Å². The fourth-order valence-corrected chi connectivity index (χ4v) is 2.72. The van der Waals surface area contributed by atoms with E-state index in [-0.39, 0.29) is 17.7 Å². The highest BCUT2D eigenvalue weighted by atomic mass is 16.5. The molecule has 1 aromatic carbocycles. The zero-order valence-electron chi connectivity index (χ0n) is 12.7. The van der Waals surface area contributed by atoms with E-state index in [0.29, 0.717) is 13.1 Å². The predicted molar refractivity (Wildman–Crippen MR) is 80.8 cm³/mol. The Kier molecular flexibility index (Phi) is 4.11. The smallest absolute Gasteiger partial charge is 0.291 e. The number of carbonyl (C=O) groups is 1. The summed E-state index contributed by atoms with van der Waals surface area (Å²) >= 11 is 0. The van der Waals surface area contributed by atoms with Crippen molar-refractivity contribution in [3.8, 4) is 5.75 Å². The van der Waals surface area contributed by atoms with Crippen LogP contribution in [-0.4, -0.2) is 54.5 Å². The number of hydrogen-bond donors (Lipinski definition) is 0. The van der Waals surface area contributed by atoms with Gasteiger partial charge in [-0.1, -0.05) is 12.1 Å². The number of likely N-dealkylation sites (N-methyl/N-ethyl adjacent to an activating group) is 1. The Hall–Kier alpha value is -2.34. The van der Waals surface area contributed by atoms with Gasteiger partial charge in [-0.3, -0.25) is 9.69 Å². The fourth-order valence-electron chi connectivity index (χ4n) is 2.72. The minimum absolute atomic E-state index is 0.107. The molecule has 0 spiro atoms. The van der Waals surface area contributed by atoms with Gasteiger partial charge in [0.2, 0.25) is 5.76 Å². The van der Waals surface area contributed by atoms with Crippen LogP contribution in [0.3, 0.4) is 0 Å². The van der Waals surface area contributed by atoms with E-state index in [1.54, 1.807) is 7.11 Å². The molecule has 0 saturated carbocycles. The molecule has 0 N–H and O–H groups in total. The maximum Gasteiger partial charge on any atom is 0.291 e. The number of nitrogens with zero attached hydrogens (tertiary/aromatic N) is 3. The number of benzene rings is 1. The van der Waals surface area contributed by atoms with E-state index in [1.807, 2.05) is 29.2 Å². The van der Waals surface area contributed by atoms with Crippen LogP contribution in [-0.2, 0) is 0 Å². The molecule has 116 valence electrons. The minimum Gasteiger partial charge on any atom is -0.497 e. The summed E-state index contributed by atoms with van der Waals surface area (Å²) < 4.78 is 10.3. The lowest BCUT2D eigenvalue weighted by molar-refractivity contribution is 0.0517. The van der Waals surface area contributed by atoms with E-state index >= 15 is 0 Å². The van der Waals surface area contributed by atoms with Crippen molar-refractivity contribution in [2.24, 2.45) is 0 Å². The second kappa shape index (κ2) is 6.19. The molecule has 6 heteroatoms. The van der Waals surface area contributed by atoms with Crippen molar-refractivity contribution in [1.29, 1.82) is 0 Å². The number of amides is 1. The Morgan fingerprint density at radius 3 is 2.73 bits per heavy atom. The number of methoxy groups -OCH3 is 1. The number of carbonyl (C=O) groups excluding carboxylic acids is 1. The van der Waals surface area contributed by atoms with E-state index in [1.165, 1.54) is 18.2 Å². The van der Waals surface area contributed by atoms with Crippen LogP contribution in [0.4, 0.5) is 0 Å². The largest absolute Gasteiger partial charge is 0.497 e. The molecule has 6 nitrogen and oxygen atoms in total. The highest BCUT2D eigenvalue weighted by Gasteiger charge is 2.30.